The lowest BCUT2D eigenvalue weighted by molar-refractivity contribution is 0.0710. The zero-order valence-corrected chi connectivity index (χ0v) is 14.3. The van der Waals surface area contributed by atoms with Crippen molar-refractivity contribution in [3.05, 3.63) is 42.0 Å². The highest BCUT2D eigenvalue weighted by molar-refractivity contribution is 5.94. The minimum Gasteiger partial charge on any atom is -0.494 e. The van der Waals surface area contributed by atoms with Gasteiger partial charge in [-0.25, -0.2) is 0 Å². The molecule has 0 unspecified atom stereocenters. The molecule has 0 saturated carbocycles. The summed E-state index contributed by atoms with van der Waals surface area (Å²) in [4.78, 5) is 14.6. The van der Waals surface area contributed by atoms with Crippen molar-refractivity contribution in [3.8, 4) is 5.75 Å². The lowest BCUT2D eigenvalue weighted by atomic mass is 9.95. The van der Waals surface area contributed by atoms with Gasteiger partial charge in [0.2, 0.25) is 0 Å². The summed E-state index contributed by atoms with van der Waals surface area (Å²) in [5, 5.41) is 8.28. The van der Waals surface area contributed by atoms with Crippen LogP contribution in [0.5, 0.6) is 5.75 Å². The summed E-state index contributed by atoms with van der Waals surface area (Å²) in [7, 11) is 0. The van der Waals surface area contributed by atoms with Crippen molar-refractivity contribution >= 4 is 5.91 Å². The maximum atomic E-state index is 12.6. The highest BCUT2D eigenvalue weighted by atomic mass is 16.5. The Morgan fingerprint density at radius 1 is 1.21 bits per heavy atom. The van der Waals surface area contributed by atoms with Crippen molar-refractivity contribution < 1.29 is 9.53 Å². The fourth-order valence-corrected chi connectivity index (χ4v) is 3.21. The van der Waals surface area contributed by atoms with Gasteiger partial charge < -0.3 is 14.2 Å². The molecule has 2 aromatic rings. The average Bonchev–Trinajstić information content (AvgIpc) is 3.11. The summed E-state index contributed by atoms with van der Waals surface area (Å²) in [5.74, 6) is 2.32. The highest BCUT2D eigenvalue weighted by Gasteiger charge is 2.27. The van der Waals surface area contributed by atoms with E-state index in [4.69, 9.17) is 4.74 Å². The van der Waals surface area contributed by atoms with Crippen LogP contribution in [0.15, 0.2) is 30.6 Å². The second-order valence-electron chi connectivity index (χ2n) is 6.00. The van der Waals surface area contributed by atoms with Crippen molar-refractivity contribution in [1.29, 1.82) is 0 Å². The molecule has 0 spiro atoms. The molecule has 1 saturated heterocycles. The molecule has 1 aliphatic heterocycles. The summed E-state index contributed by atoms with van der Waals surface area (Å²) in [5.41, 5.74) is 0.716. The first kappa shape index (κ1) is 16.5. The summed E-state index contributed by atoms with van der Waals surface area (Å²) in [6.07, 6.45) is 3.65. The number of hydrogen-bond donors (Lipinski definition) is 0. The summed E-state index contributed by atoms with van der Waals surface area (Å²) >= 11 is 0. The van der Waals surface area contributed by atoms with Crippen molar-refractivity contribution in [2.24, 2.45) is 0 Å². The number of nitrogens with zero attached hydrogens (tertiary/aromatic N) is 4. The summed E-state index contributed by atoms with van der Waals surface area (Å²) in [6, 6.07) is 7.39. The van der Waals surface area contributed by atoms with E-state index < -0.39 is 0 Å². The number of benzene rings is 1. The first-order valence-electron chi connectivity index (χ1n) is 8.62. The number of likely N-dealkylation sites (tertiary alicyclic amines) is 1. The SMILES string of the molecule is CCOc1ccc(C(=O)N2CCC(c3nncn3CC)CC2)cc1. The Hall–Kier alpha value is -2.37. The number of rotatable bonds is 5. The van der Waals surface area contributed by atoms with E-state index in [0.29, 0.717) is 18.1 Å². The Balaban J connectivity index is 1.60. The molecule has 128 valence electrons. The number of piperidine rings is 1. The number of aryl methyl sites for hydroxylation is 1. The number of aromatic nitrogens is 3. The van der Waals surface area contributed by atoms with Crippen LogP contribution in [0.4, 0.5) is 0 Å². The Kier molecular flexibility index (Phi) is 5.13. The lowest BCUT2D eigenvalue weighted by Gasteiger charge is -2.31. The third-order valence-corrected chi connectivity index (χ3v) is 4.55. The molecule has 1 aromatic heterocycles. The van der Waals surface area contributed by atoms with Gasteiger partial charge in [0.25, 0.3) is 5.91 Å². The van der Waals surface area contributed by atoms with Crippen LogP contribution >= 0.6 is 0 Å². The van der Waals surface area contributed by atoms with Crippen LogP contribution in [0.25, 0.3) is 0 Å². The Bertz CT molecular complexity index is 673. The fraction of sp³-hybridized carbons (Fsp3) is 0.500. The van der Waals surface area contributed by atoms with Gasteiger partial charge in [-0.2, -0.15) is 0 Å². The highest BCUT2D eigenvalue weighted by Crippen LogP contribution is 2.27. The Labute approximate surface area is 142 Å². The maximum Gasteiger partial charge on any atom is 0.253 e. The van der Waals surface area contributed by atoms with Gasteiger partial charge in [-0.3, -0.25) is 4.79 Å². The monoisotopic (exact) mass is 328 g/mol. The molecule has 1 aliphatic rings. The summed E-state index contributed by atoms with van der Waals surface area (Å²) < 4.78 is 7.52. The summed E-state index contributed by atoms with van der Waals surface area (Å²) in [6.45, 7) is 7.07. The molecule has 3 rings (SSSR count). The van der Waals surface area contributed by atoms with Gasteiger partial charge in [-0.05, 0) is 51.0 Å². The fourth-order valence-electron chi connectivity index (χ4n) is 3.21. The predicted molar refractivity (Wildman–Crippen MR) is 91.2 cm³/mol. The van der Waals surface area contributed by atoms with Crippen LogP contribution in [0.2, 0.25) is 0 Å². The largest absolute Gasteiger partial charge is 0.494 e. The molecule has 2 heterocycles. The molecule has 1 amide bonds. The van der Waals surface area contributed by atoms with Gasteiger partial charge >= 0.3 is 0 Å². The van der Waals surface area contributed by atoms with Crippen LogP contribution < -0.4 is 4.74 Å². The zero-order valence-electron chi connectivity index (χ0n) is 14.3. The molecule has 0 aliphatic carbocycles. The maximum absolute atomic E-state index is 12.6. The second kappa shape index (κ2) is 7.47. The topological polar surface area (TPSA) is 60.2 Å². The smallest absolute Gasteiger partial charge is 0.253 e. The number of carbonyl (C=O) groups excluding carboxylic acids is 1. The van der Waals surface area contributed by atoms with Gasteiger partial charge in [0.1, 0.15) is 17.9 Å². The van der Waals surface area contributed by atoms with Crippen LogP contribution in [-0.2, 0) is 6.54 Å². The van der Waals surface area contributed by atoms with Gasteiger partial charge in [0.05, 0.1) is 6.61 Å². The molecular formula is C18H24N4O2. The minimum absolute atomic E-state index is 0.0912. The van der Waals surface area contributed by atoms with E-state index in [9.17, 15) is 4.79 Å². The van der Waals surface area contributed by atoms with Crippen molar-refractivity contribution in [1.82, 2.24) is 19.7 Å². The third-order valence-electron chi connectivity index (χ3n) is 4.55. The van der Waals surface area contributed by atoms with E-state index in [1.54, 1.807) is 6.33 Å². The molecule has 24 heavy (non-hydrogen) atoms. The number of ether oxygens (including phenoxy) is 1. The van der Waals surface area contributed by atoms with Gasteiger partial charge in [0.15, 0.2) is 0 Å². The normalized spacial score (nSPS) is 15.5. The van der Waals surface area contributed by atoms with Gasteiger partial charge in [-0.15, -0.1) is 10.2 Å². The van der Waals surface area contributed by atoms with Gasteiger partial charge in [0, 0.05) is 31.1 Å². The first-order chi connectivity index (χ1) is 11.7. The van der Waals surface area contributed by atoms with E-state index in [2.05, 4.69) is 21.7 Å². The van der Waals surface area contributed by atoms with Crippen LogP contribution in [0, 0.1) is 0 Å². The quantitative estimate of drug-likeness (QED) is 0.847. The number of amides is 1. The Morgan fingerprint density at radius 2 is 1.92 bits per heavy atom. The van der Waals surface area contributed by atoms with Crippen LogP contribution in [0.3, 0.4) is 0 Å². The minimum atomic E-state index is 0.0912. The molecule has 0 radical (unpaired) electrons. The van der Waals surface area contributed by atoms with E-state index in [1.807, 2.05) is 36.1 Å². The molecule has 6 nitrogen and oxygen atoms in total. The van der Waals surface area contributed by atoms with E-state index in [1.165, 1.54) is 0 Å². The second-order valence-corrected chi connectivity index (χ2v) is 6.00. The first-order valence-corrected chi connectivity index (χ1v) is 8.62. The number of hydrogen-bond acceptors (Lipinski definition) is 4. The molecule has 0 atom stereocenters. The lowest BCUT2D eigenvalue weighted by Crippen LogP contribution is -2.38. The van der Waals surface area contributed by atoms with Gasteiger partial charge in [-0.1, -0.05) is 0 Å². The molecule has 6 heteroatoms. The molecular weight excluding hydrogens is 304 g/mol. The molecule has 1 fully saturated rings. The molecule has 0 N–H and O–H groups in total. The third kappa shape index (κ3) is 3.42. The standard InChI is InChI=1S/C18H24N4O2/c1-3-21-13-19-20-17(21)14-9-11-22(12-10-14)18(23)15-5-7-16(8-6-15)24-4-2/h5-8,13-14H,3-4,9-12H2,1-2H3. The van der Waals surface area contributed by atoms with E-state index in [-0.39, 0.29) is 5.91 Å². The molecule has 0 bridgehead atoms. The van der Waals surface area contributed by atoms with E-state index in [0.717, 1.165) is 44.0 Å². The number of carbonyl (C=O) groups is 1. The van der Waals surface area contributed by atoms with Crippen LogP contribution in [0.1, 0.15) is 48.8 Å². The average molecular weight is 328 g/mol. The van der Waals surface area contributed by atoms with Crippen LogP contribution in [-0.4, -0.2) is 45.3 Å². The molecule has 1 aromatic carbocycles. The van der Waals surface area contributed by atoms with Crippen molar-refractivity contribution in [2.75, 3.05) is 19.7 Å². The Morgan fingerprint density at radius 3 is 2.54 bits per heavy atom. The van der Waals surface area contributed by atoms with Crippen molar-refractivity contribution in [3.63, 3.8) is 0 Å². The zero-order chi connectivity index (χ0) is 16.9. The predicted octanol–water partition coefficient (Wildman–Crippen LogP) is 2.72. The van der Waals surface area contributed by atoms with Crippen molar-refractivity contribution in [2.45, 2.75) is 39.2 Å². The van der Waals surface area contributed by atoms with E-state index >= 15 is 0 Å².